The van der Waals surface area contributed by atoms with E-state index in [1.807, 2.05) is 54.6 Å². The van der Waals surface area contributed by atoms with Gasteiger partial charge in [-0.2, -0.15) is 0 Å². The summed E-state index contributed by atoms with van der Waals surface area (Å²) < 4.78 is 0. The summed E-state index contributed by atoms with van der Waals surface area (Å²) in [5.41, 5.74) is 3.62. The van der Waals surface area contributed by atoms with Gasteiger partial charge in [0.2, 0.25) is 11.8 Å². The third-order valence-electron chi connectivity index (χ3n) is 6.85. The average Bonchev–Trinajstić information content (AvgIpc) is 3.01. The Hall–Kier alpha value is -3.93. The Bertz CT molecular complexity index is 1220. The molecule has 1 fully saturated rings. The second-order valence-electron chi connectivity index (χ2n) is 9.26. The van der Waals surface area contributed by atoms with Crippen LogP contribution < -0.4 is 10.6 Å². The van der Waals surface area contributed by atoms with Crippen molar-refractivity contribution >= 4 is 23.4 Å². The number of hydrogen-bond donors (Lipinski definition) is 2. The van der Waals surface area contributed by atoms with E-state index in [-0.39, 0.29) is 30.3 Å². The van der Waals surface area contributed by atoms with Crippen LogP contribution in [0.25, 0.3) is 11.1 Å². The second-order valence-corrected chi connectivity index (χ2v) is 9.26. The van der Waals surface area contributed by atoms with E-state index in [1.165, 1.54) is 11.3 Å². The molecule has 5 rings (SSSR count). The van der Waals surface area contributed by atoms with Gasteiger partial charge in [-0.05, 0) is 41.7 Å². The minimum absolute atomic E-state index is 0.0885. The topological polar surface area (TPSA) is 78.5 Å². The first-order chi connectivity index (χ1) is 17.1. The molecule has 0 aromatic heterocycles. The molecule has 0 saturated heterocycles. The zero-order chi connectivity index (χ0) is 24.2. The molecule has 0 bridgehead atoms. The second kappa shape index (κ2) is 10.1. The highest BCUT2D eigenvalue weighted by atomic mass is 16.2. The summed E-state index contributed by atoms with van der Waals surface area (Å²) in [6, 6.07) is 23.8. The largest absolute Gasteiger partial charge is 0.351 e. The van der Waals surface area contributed by atoms with Gasteiger partial charge in [0.15, 0.2) is 0 Å². The molecule has 1 saturated carbocycles. The van der Waals surface area contributed by atoms with Crippen LogP contribution in [0.5, 0.6) is 0 Å². The van der Waals surface area contributed by atoms with E-state index in [1.54, 1.807) is 24.3 Å². The van der Waals surface area contributed by atoms with Gasteiger partial charge in [-0.1, -0.05) is 86.0 Å². The Balaban J connectivity index is 1.51. The molecule has 0 spiro atoms. The van der Waals surface area contributed by atoms with Crippen molar-refractivity contribution in [1.82, 2.24) is 10.2 Å². The maximum atomic E-state index is 13.7. The van der Waals surface area contributed by atoms with Crippen LogP contribution in [0.4, 0.5) is 5.69 Å². The van der Waals surface area contributed by atoms with E-state index in [0.717, 1.165) is 36.8 Å². The van der Waals surface area contributed by atoms with Gasteiger partial charge in [0.1, 0.15) is 12.6 Å². The molecule has 1 aliphatic carbocycles. The van der Waals surface area contributed by atoms with Crippen LogP contribution in [-0.2, 0) is 9.59 Å². The molecular formula is C29H29N3O3. The van der Waals surface area contributed by atoms with E-state index < -0.39 is 6.04 Å². The molecule has 3 aromatic carbocycles. The molecule has 35 heavy (non-hydrogen) atoms. The standard InChI is InChI=1S/C29H29N3O3/c33-26-19-32(29(35)24-13-7-8-14-25(24)31-26)27(28(34)30-23-11-5-2-6-12-23)22-17-15-21(16-18-22)20-9-3-1-4-10-20/h1,3-4,7-10,13-18,23,27H,2,5-6,11-12,19H2,(H,30,34)(H,31,33). The van der Waals surface area contributed by atoms with Crippen LogP contribution >= 0.6 is 0 Å². The van der Waals surface area contributed by atoms with Gasteiger partial charge in [-0.15, -0.1) is 0 Å². The van der Waals surface area contributed by atoms with Crippen LogP contribution in [0.15, 0.2) is 78.9 Å². The van der Waals surface area contributed by atoms with Crippen molar-refractivity contribution in [3.05, 3.63) is 90.0 Å². The molecule has 6 heteroatoms. The fourth-order valence-corrected chi connectivity index (χ4v) is 5.05. The number of nitrogens with one attached hydrogen (secondary N) is 2. The van der Waals surface area contributed by atoms with Crippen molar-refractivity contribution in [2.45, 2.75) is 44.2 Å². The van der Waals surface area contributed by atoms with Gasteiger partial charge in [0, 0.05) is 6.04 Å². The smallest absolute Gasteiger partial charge is 0.257 e. The molecule has 1 aliphatic heterocycles. The predicted molar refractivity (Wildman–Crippen MR) is 136 cm³/mol. The van der Waals surface area contributed by atoms with Crippen LogP contribution in [0.2, 0.25) is 0 Å². The van der Waals surface area contributed by atoms with E-state index in [0.29, 0.717) is 16.8 Å². The van der Waals surface area contributed by atoms with Crippen LogP contribution in [0.3, 0.4) is 0 Å². The van der Waals surface area contributed by atoms with Crippen molar-refractivity contribution in [2.75, 3.05) is 11.9 Å². The Labute approximate surface area is 205 Å². The summed E-state index contributed by atoms with van der Waals surface area (Å²) in [7, 11) is 0. The van der Waals surface area contributed by atoms with Gasteiger partial charge in [0.25, 0.3) is 5.91 Å². The van der Waals surface area contributed by atoms with Crippen molar-refractivity contribution in [1.29, 1.82) is 0 Å². The first kappa shape index (κ1) is 22.8. The minimum Gasteiger partial charge on any atom is -0.351 e. The fourth-order valence-electron chi connectivity index (χ4n) is 5.05. The Kier molecular flexibility index (Phi) is 6.62. The molecule has 2 N–H and O–H groups in total. The van der Waals surface area contributed by atoms with Crippen LogP contribution in [0, 0.1) is 0 Å². The Morgan fingerprint density at radius 2 is 1.49 bits per heavy atom. The number of benzene rings is 3. The monoisotopic (exact) mass is 467 g/mol. The summed E-state index contributed by atoms with van der Waals surface area (Å²) in [4.78, 5) is 41.5. The molecule has 2 aliphatic rings. The van der Waals surface area contributed by atoms with E-state index in [4.69, 9.17) is 0 Å². The molecular weight excluding hydrogens is 438 g/mol. The summed E-state index contributed by atoms with van der Waals surface area (Å²) in [6.07, 6.45) is 5.21. The van der Waals surface area contributed by atoms with Gasteiger partial charge in [0.05, 0.1) is 11.3 Å². The third-order valence-corrected chi connectivity index (χ3v) is 6.85. The van der Waals surface area contributed by atoms with Gasteiger partial charge in [-0.3, -0.25) is 14.4 Å². The lowest BCUT2D eigenvalue weighted by Crippen LogP contribution is -2.48. The Morgan fingerprint density at radius 1 is 0.829 bits per heavy atom. The van der Waals surface area contributed by atoms with E-state index in [9.17, 15) is 14.4 Å². The van der Waals surface area contributed by atoms with Gasteiger partial charge < -0.3 is 15.5 Å². The first-order valence-electron chi connectivity index (χ1n) is 12.3. The highest BCUT2D eigenvalue weighted by molar-refractivity contribution is 6.10. The first-order valence-corrected chi connectivity index (χ1v) is 12.3. The normalized spacial score (nSPS) is 17.2. The maximum absolute atomic E-state index is 13.7. The molecule has 1 heterocycles. The lowest BCUT2D eigenvalue weighted by molar-refractivity contribution is -0.127. The van der Waals surface area contributed by atoms with Crippen LogP contribution in [-0.4, -0.2) is 35.2 Å². The minimum atomic E-state index is -0.911. The zero-order valence-electron chi connectivity index (χ0n) is 19.6. The average molecular weight is 468 g/mol. The third kappa shape index (κ3) is 4.97. The van der Waals surface area contributed by atoms with Gasteiger partial charge >= 0.3 is 0 Å². The number of para-hydroxylation sites is 1. The summed E-state index contributed by atoms with van der Waals surface area (Å²) >= 11 is 0. The molecule has 3 aromatic rings. The lowest BCUT2D eigenvalue weighted by Gasteiger charge is -2.32. The van der Waals surface area contributed by atoms with Crippen molar-refractivity contribution < 1.29 is 14.4 Å². The molecule has 3 amide bonds. The number of carbonyl (C=O) groups excluding carboxylic acids is 3. The summed E-state index contributed by atoms with van der Waals surface area (Å²) in [6.45, 7) is -0.198. The molecule has 0 radical (unpaired) electrons. The SMILES string of the molecule is O=C1CN(C(C(=O)NC2CCCCC2)c2ccc(-c3ccccc3)cc2)C(=O)c2ccccc2N1. The maximum Gasteiger partial charge on any atom is 0.257 e. The summed E-state index contributed by atoms with van der Waals surface area (Å²) in [5.74, 6) is -0.903. The number of nitrogens with zero attached hydrogens (tertiary/aromatic N) is 1. The van der Waals surface area contributed by atoms with Crippen molar-refractivity contribution in [3.8, 4) is 11.1 Å². The quantitative estimate of drug-likeness (QED) is 0.558. The fraction of sp³-hybridized carbons (Fsp3) is 0.276. The molecule has 1 unspecified atom stereocenters. The van der Waals surface area contributed by atoms with Crippen molar-refractivity contribution in [3.63, 3.8) is 0 Å². The van der Waals surface area contributed by atoms with Crippen molar-refractivity contribution in [2.24, 2.45) is 0 Å². The number of amides is 3. The highest BCUT2D eigenvalue weighted by Gasteiger charge is 2.37. The van der Waals surface area contributed by atoms with E-state index in [2.05, 4.69) is 10.6 Å². The number of anilines is 1. The zero-order valence-corrected chi connectivity index (χ0v) is 19.6. The van der Waals surface area contributed by atoms with Crippen LogP contribution in [0.1, 0.15) is 54.1 Å². The summed E-state index contributed by atoms with van der Waals surface area (Å²) in [5, 5.41) is 5.98. The molecule has 6 nitrogen and oxygen atoms in total. The predicted octanol–water partition coefficient (Wildman–Crippen LogP) is 4.94. The number of fused-ring (bicyclic) bond motifs is 1. The van der Waals surface area contributed by atoms with Gasteiger partial charge in [-0.25, -0.2) is 0 Å². The number of hydrogen-bond acceptors (Lipinski definition) is 3. The van der Waals surface area contributed by atoms with E-state index >= 15 is 0 Å². The lowest BCUT2D eigenvalue weighted by atomic mass is 9.94. The number of carbonyl (C=O) groups is 3. The highest BCUT2D eigenvalue weighted by Crippen LogP contribution is 2.30. The number of rotatable bonds is 5. The molecule has 178 valence electrons. The Morgan fingerprint density at radius 3 is 2.23 bits per heavy atom. The molecule has 1 atom stereocenters.